The van der Waals surface area contributed by atoms with E-state index in [0.717, 1.165) is 11.3 Å². The van der Waals surface area contributed by atoms with E-state index in [-0.39, 0.29) is 5.78 Å². The molecule has 2 N–H and O–H groups in total. The van der Waals surface area contributed by atoms with Gasteiger partial charge in [0, 0.05) is 24.9 Å². The lowest BCUT2D eigenvalue weighted by Crippen LogP contribution is -1.93. The maximum atomic E-state index is 10.9. The number of hydrogen-bond acceptors (Lipinski definition) is 2. The number of aromatic nitrogens is 3. The van der Waals surface area contributed by atoms with E-state index in [4.69, 9.17) is 0 Å². The third-order valence-electron chi connectivity index (χ3n) is 1.82. The lowest BCUT2D eigenvalue weighted by molar-refractivity contribution is 0.100. The van der Waals surface area contributed by atoms with Crippen molar-refractivity contribution in [2.75, 3.05) is 0 Å². The molecule has 0 amide bonds. The van der Waals surface area contributed by atoms with Crippen LogP contribution in [0.1, 0.15) is 17.5 Å². The van der Waals surface area contributed by atoms with Crippen LogP contribution in [-0.4, -0.2) is 20.7 Å². The molecule has 0 saturated heterocycles. The molecule has 2 aromatic rings. The zero-order valence-corrected chi connectivity index (χ0v) is 7.16. The van der Waals surface area contributed by atoms with Crippen molar-refractivity contribution in [2.24, 2.45) is 0 Å². The summed E-state index contributed by atoms with van der Waals surface area (Å²) >= 11 is 0. The number of H-pyrrole nitrogens is 2. The molecule has 0 aromatic carbocycles. The molecule has 0 atom stereocenters. The van der Waals surface area contributed by atoms with Crippen molar-refractivity contribution in [1.82, 2.24) is 15.0 Å². The van der Waals surface area contributed by atoms with Crippen LogP contribution >= 0.6 is 0 Å². The molecule has 4 heteroatoms. The van der Waals surface area contributed by atoms with Crippen LogP contribution in [0.25, 0.3) is 11.3 Å². The molecule has 2 heterocycles. The fourth-order valence-corrected chi connectivity index (χ4v) is 1.14. The summed E-state index contributed by atoms with van der Waals surface area (Å²) < 4.78 is 0. The SMILES string of the molecule is CC(=O)c1ncc(-c2cc[nH]c2)[nH]1. The van der Waals surface area contributed by atoms with Crippen molar-refractivity contribution in [3.8, 4) is 11.3 Å². The topological polar surface area (TPSA) is 61.5 Å². The second-order valence-corrected chi connectivity index (χ2v) is 2.80. The Hall–Kier alpha value is -1.84. The van der Waals surface area contributed by atoms with Gasteiger partial charge in [-0.2, -0.15) is 0 Å². The Balaban J connectivity index is 2.39. The van der Waals surface area contributed by atoms with Gasteiger partial charge in [-0.15, -0.1) is 0 Å². The van der Waals surface area contributed by atoms with Gasteiger partial charge in [0.2, 0.25) is 0 Å². The van der Waals surface area contributed by atoms with Gasteiger partial charge >= 0.3 is 0 Å². The summed E-state index contributed by atoms with van der Waals surface area (Å²) in [5.41, 5.74) is 1.85. The number of nitrogens with zero attached hydrogens (tertiary/aromatic N) is 1. The first-order valence-corrected chi connectivity index (χ1v) is 3.96. The van der Waals surface area contributed by atoms with Gasteiger partial charge in [0.05, 0.1) is 11.9 Å². The van der Waals surface area contributed by atoms with Gasteiger partial charge in [-0.05, 0) is 6.07 Å². The van der Waals surface area contributed by atoms with Gasteiger partial charge in [-0.1, -0.05) is 0 Å². The average molecular weight is 175 g/mol. The number of Topliss-reactive ketones (excluding diaryl/α,β-unsaturated/α-hetero) is 1. The molecule has 2 aromatic heterocycles. The molecule has 0 unspecified atom stereocenters. The first kappa shape index (κ1) is 7.79. The Morgan fingerprint density at radius 2 is 2.38 bits per heavy atom. The fraction of sp³-hybridized carbons (Fsp3) is 0.111. The van der Waals surface area contributed by atoms with Gasteiger partial charge in [-0.25, -0.2) is 4.98 Å². The zero-order chi connectivity index (χ0) is 9.26. The van der Waals surface area contributed by atoms with E-state index in [1.54, 1.807) is 6.20 Å². The molecule has 66 valence electrons. The molecule has 0 bridgehead atoms. The highest BCUT2D eigenvalue weighted by molar-refractivity contribution is 5.90. The molecule has 0 spiro atoms. The summed E-state index contributed by atoms with van der Waals surface area (Å²) in [6.45, 7) is 1.49. The first-order valence-electron chi connectivity index (χ1n) is 3.96. The minimum atomic E-state index is -0.0539. The smallest absolute Gasteiger partial charge is 0.194 e. The quantitative estimate of drug-likeness (QED) is 0.681. The van der Waals surface area contributed by atoms with Gasteiger partial charge in [0.25, 0.3) is 0 Å². The lowest BCUT2D eigenvalue weighted by atomic mass is 10.3. The lowest BCUT2D eigenvalue weighted by Gasteiger charge is -1.88. The molecule has 0 aliphatic carbocycles. The van der Waals surface area contributed by atoms with Crippen LogP contribution in [0.2, 0.25) is 0 Å². The Kier molecular flexibility index (Phi) is 1.73. The largest absolute Gasteiger partial charge is 0.367 e. The Morgan fingerprint density at radius 3 is 2.92 bits per heavy atom. The monoisotopic (exact) mass is 175 g/mol. The van der Waals surface area contributed by atoms with Crippen LogP contribution in [0.4, 0.5) is 0 Å². The van der Waals surface area contributed by atoms with E-state index >= 15 is 0 Å². The Labute approximate surface area is 75.0 Å². The predicted molar refractivity (Wildman–Crippen MR) is 48.4 cm³/mol. The van der Waals surface area contributed by atoms with Crippen LogP contribution in [0.3, 0.4) is 0 Å². The fourth-order valence-electron chi connectivity index (χ4n) is 1.14. The molecular formula is C9H9N3O. The van der Waals surface area contributed by atoms with E-state index < -0.39 is 0 Å². The molecular weight excluding hydrogens is 166 g/mol. The minimum Gasteiger partial charge on any atom is -0.367 e. The molecule has 13 heavy (non-hydrogen) atoms. The first-order chi connectivity index (χ1) is 6.27. The molecule has 0 aliphatic rings. The van der Waals surface area contributed by atoms with E-state index in [1.165, 1.54) is 6.92 Å². The number of nitrogens with one attached hydrogen (secondary N) is 2. The van der Waals surface area contributed by atoms with Crippen LogP contribution in [0.15, 0.2) is 24.7 Å². The summed E-state index contributed by atoms with van der Waals surface area (Å²) in [7, 11) is 0. The van der Waals surface area contributed by atoms with Crippen molar-refractivity contribution < 1.29 is 4.79 Å². The van der Waals surface area contributed by atoms with E-state index in [0.29, 0.717) is 5.82 Å². The number of carbonyl (C=O) groups excluding carboxylic acids is 1. The highest BCUT2D eigenvalue weighted by atomic mass is 16.1. The Morgan fingerprint density at radius 1 is 1.54 bits per heavy atom. The van der Waals surface area contributed by atoms with Gasteiger partial charge < -0.3 is 9.97 Å². The number of aromatic amines is 2. The van der Waals surface area contributed by atoms with Crippen molar-refractivity contribution in [3.63, 3.8) is 0 Å². The van der Waals surface area contributed by atoms with Crippen molar-refractivity contribution in [2.45, 2.75) is 6.92 Å². The number of carbonyl (C=O) groups is 1. The number of hydrogen-bond donors (Lipinski definition) is 2. The van der Waals surface area contributed by atoms with E-state index in [2.05, 4.69) is 15.0 Å². The normalized spacial score (nSPS) is 10.2. The zero-order valence-electron chi connectivity index (χ0n) is 7.16. The molecule has 2 rings (SSSR count). The summed E-state index contributed by atoms with van der Waals surface area (Å²) in [5, 5.41) is 0. The third-order valence-corrected chi connectivity index (χ3v) is 1.82. The third kappa shape index (κ3) is 1.38. The summed E-state index contributed by atoms with van der Waals surface area (Å²) in [6, 6.07) is 1.91. The molecule has 0 saturated carbocycles. The maximum absolute atomic E-state index is 10.9. The highest BCUT2D eigenvalue weighted by Gasteiger charge is 2.05. The van der Waals surface area contributed by atoms with Crippen molar-refractivity contribution >= 4 is 5.78 Å². The van der Waals surface area contributed by atoms with E-state index in [9.17, 15) is 4.79 Å². The second kappa shape index (κ2) is 2.90. The predicted octanol–water partition coefficient (Wildman–Crippen LogP) is 1.61. The van der Waals surface area contributed by atoms with Crippen LogP contribution < -0.4 is 0 Å². The average Bonchev–Trinajstić information content (AvgIpc) is 2.75. The summed E-state index contributed by atoms with van der Waals surface area (Å²) in [5.74, 6) is 0.345. The second-order valence-electron chi connectivity index (χ2n) is 2.80. The van der Waals surface area contributed by atoms with Crippen molar-refractivity contribution in [3.05, 3.63) is 30.5 Å². The maximum Gasteiger partial charge on any atom is 0.194 e. The van der Waals surface area contributed by atoms with Crippen LogP contribution in [0.5, 0.6) is 0 Å². The standard InChI is InChI=1S/C9H9N3O/c1-6(13)9-11-5-8(12-9)7-2-3-10-4-7/h2-5,10H,1H3,(H,11,12). The highest BCUT2D eigenvalue weighted by Crippen LogP contribution is 2.15. The molecule has 0 radical (unpaired) electrons. The Bertz CT molecular complexity index is 414. The molecule has 4 nitrogen and oxygen atoms in total. The summed E-state index contributed by atoms with van der Waals surface area (Å²) in [6.07, 6.45) is 5.32. The van der Waals surface area contributed by atoms with Crippen molar-refractivity contribution in [1.29, 1.82) is 0 Å². The summed E-state index contributed by atoms with van der Waals surface area (Å²) in [4.78, 5) is 20.7. The van der Waals surface area contributed by atoms with Crippen LogP contribution in [-0.2, 0) is 0 Å². The number of rotatable bonds is 2. The van der Waals surface area contributed by atoms with Crippen LogP contribution in [0, 0.1) is 0 Å². The molecule has 0 fully saturated rings. The van der Waals surface area contributed by atoms with Gasteiger partial charge in [-0.3, -0.25) is 4.79 Å². The molecule has 0 aliphatic heterocycles. The van der Waals surface area contributed by atoms with Gasteiger partial charge in [0.1, 0.15) is 0 Å². The number of ketones is 1. The van der Waals surface area contributed by atoms with Gasteiger partial charge in [0.15, 0.2) is 11.6 Å². The van der Waals surface area contributed by atoms with E-state index in [1.807, 2.05) is 18.5 Å². The number of imidazole rings is 1. The minimum absolute atomic E-state index is 0.0539.